The molecule has 244 valence electrons. The largest absolute Gasteiger partial charge is 0.465 e. The van der Waals surface area contributed by atoms with Gasteiger partial charge in [-0.15, -0.1) is 0 Å². The first-order valence-corrected chi connectivity index (χ1v) is 15.9. The molecule has 1 aromatic heterocycles. The second-order valence-corrected chi connectivity index (χ2v) is 12.4. The molecule has 4 rings (SSSR count). The summed E-state index contributed by atoms with van der Waals surface area (Å²) in [5, 5.41) is 2.84. The van der Waals surface area contributed by atoms with Gasteiger partial charge in [-0.1, -0.05) is 73.7 Å². The third-order valence-electron chi connectivity index (χ3n) is 8.21. The highest BCUT2D eigenvalue weighted by molar-refractivity contribution is 5.90. The average Bonchev–Trinajstić information content (AvgIpc) is 3.54. The average molecular weight is 627 g/mol. The predicted molar refractivity (Wildman–Crippen MR) is 178 cm³/mol. The number of carbonyl (C=O) groups is 3. The van der Waals surface area contributed by atoms with Gasteiger partial charge >= 0.3 is 5.97 Å². The predicted octanol–water partition coefficient (Wildman–Crippen LogP) is 4.85. The topological polar surface area (TPSA) is 124 Å². The van der Waals surface area contributed by atoms with E-state index >= 15 is 0 Å². The van der Waals surface area contributed by atoms with E-state index in [0.717, 1.165) is 35.2 Å². The number of amides is 2. The summed E-state index contributed by atoms with van der Waals surface area (Å²) in [6.07, 6.45) is 7.47. The second kappa shape index (κ2) is 16.3. The highest BCUT2D eigenvalue weighted by atomic mass is 16.5. The Kier molecular flexibility index (Phi) is 12.2. The number of hydrogen-bond donors (Lipinski definition) is 2. The van der Waals surface area contributed by atoms with Crippen molar-refractivity contribution in [2.24, 2.45) is 11.1 Å². The Hall–Kier alpha value is -4.34. The Bertz CT molecular complexity index is 1480. The van der Waals surface area contributed by atoms with Gasteiger partial charge in [-0.25, -0.2) is 0 Å². The summed E-state index contributed by atoms with van der Waals surface area (Å²) in [7, 11) is 0. The molecule has 1 fully saturated rings. The fourth-order valence-electron chi connectivity index (χ4n) is 5.62. The number of nitrogens with zero attached hydrogens (tertiary/aromatic N) is 2. The van der Waals surface area contributed by atoms with Crippen molar-refractivity contribution in [3.05, 3.63) is 102 Å². The SMILES string of the molecule is CC(=O)OC[C@@](C)(/C=C/C1CCCN1C(=O)[C@@H](NC(=O)[C@H](C)N)[C@@H](C)OCc1ccccc1)Cc1cccc(-c2ccccn2)c1. The molecule has 0 radical (unpaired) electrons. The molecule has 3 aromatic rings. The van der Waals surface area contributed by atoms with Crippen molar-refractivity contribution in [1.29, 1.82) is 0 Å². The first-order chi connectivity index (χ1) is 22.0. The van der Waals surface area contributed by atoms with Crippen molar-refractivity contribution < 1.29 is 23.9 Å². The smallest absolute Gasteiger partial charge is 0.302 e. The molecule has 0 spiro atoms. The van der Waals surface area contributed by atoms with Gasteiger partial charge in [-0.3, -0.25) is 19.4 Å². The summed E-state index contributed by atoms with van der Waals surface area (Å²) in [4.78, 5) is 44.9. The number of esters is 1. The van der Waals surface area contributed by atoms with Crippen LogP contribution in [0.1, 0.15) is 51.7 Å². The number of carbonyl (C=O) groups excluding carboxylic acids is 3. The monoisotopic (exact) mass is 626 g/mol. The first-order valence-electron chi connectivity index (χ1n) is 15.9. The van der Waals surface area contributed by atoms with Crippen LogP contribution < -0.4 is 11.1 Å². The fraction of sp³-hybridized carbons (Fsp3) is 0.405. The third-order valence-corrected chi connectivity index (χ3v) is 8.21. The zero-order valence-electron chi connectivity index (χ0n) is 27.2. The minimum absolute atomic E-state index is 0.185. The molecule has 0 bridgehead atoms. The van der Waals surface area contributed by atoms with Crippen LogP contribution in [0.15, 0.2) is 91.1 Å². The minimum Gasteiger partial charge on any atom is -0.465 e. The third kappa shape index (κ3) is 9.83. The van der Waals surface area contributed by atoms with Crippen molar-refractivity contribution in [3.63, 3.8) is 0 Å². The van der Waals surface area contributed by atoms with Crippen LogP contribution in [0.25, 0.3) is 11.3 Å². The molecule has 46 heavy (non-hydrogen) atoms. The lowest BCUT2D eigenvalue weighted by molar-refractivity contribution is -0.143. The van der Waals surface area contributed by atoms with E-state index in [2.05, 4.69) is 28.5 Å². The van der Waals surface area contributed by atoms with Crippen LogP contribution in [-0.2, 0) is 36.9 Å². The molecule has 1 unspecified atom stereocenters. The van der Waals surface area contributed by atoms with Gasteiger partial charge in [0.05, 0.1) is 30.5 Å². The number of likely N-dealkylation sites (tertiary alicyclic amines) is 1. The lowest BCUT2D eigenvalue weighted by Gasteiger charge is -2.32. The first kappa shape index (κ1) is 34.5. The molecule has 2 amide bonds. The van der Waals surface area contributed by atoms with Crippen molar-refractivity contribution in [1.82, 2.24) is 15.2 Å². The zero-order chi connectivity index (χ0) is 33.1. The van der Waals surface area contributed by atoms with Crippen LogP contribution in [0.3, 0.4) is 0 Å². The van der Waals surface area contributed by atoms with Gasteiger partial charge < -0.3 is 25.4 Å². The molecule has 0 saturated carbocycles. The van der Waals surface area contributed by atoms with Gasteiger partial charge in [0.25, 0.3) is 0 Å². The highest BCUT2D eigenvalue weighted by Gasteiger charge is 2.37. The Labute approximate surface area is 272 Å². The van der Waals surface area contributed by atoms with E-state index in [4.69, 9.17) is 15.2 Å². The normalized spacial score (nSPS) is 18.0. The molecule has 9 heteroatoms. The number of nitrogens with two attached hydrogens (primary N) is 1. The lowest BCUT2D eigenvalue weighted by atomic mass is 9.83. The number of hydrogen-bond acceptors (Lipinski definition) is 7. The van der Waals surface area contributed by atoms with Gasteiger partial charge in [0, 0.05) is 30.6 Å². The van der Waals surface area contributed by atoms with Gasteiger partial charge in [0.1, 0.15) is 12.6 Å². The van der Waals surface area contributed by atoms with Crippen LogP contribution in [0.5, 0.6) is 0 Å². The maximum Gasteiger partial charge on any atom is 0.302 e. The minimum atomic E-state index is -0.905. The van der Waals surface area contributed by atoms with Crippen molar-refractivity contribution >= 4 is 17.8 Å². The van der Waals surface area contributed by atoms with Gasteiger partial charge in [-0.05, 0) is 62.4 Å². The van der Waals surface area contributed by atoms with E-state index < -0.39 is 29.5 Å². The lowest BCUT2D eigenvalue weighted by Crippen LogP contribution is -2.57. The van der Waals surface area contributed by atoms with E-state index in [9.17, 15) is 14.4 Å². The molecule has 1 aliphatic heterocycles. The van der Waals surface area contributed by atoms with Gasteiger partial charge in [-0.2, -0.15) is 0 Å². The van der Waals surface area contributed by atoms with Crippen LogP contribution in [0.4, 0.5) is 0 Å². The van der Waals surface area contributed by atoms with E-state index in [1.54, 1.807) is 24.9 Å². The second-order valence-electron chi connectivity index (χ2n) is 12.4. The summed E-state index contributed by atoms with van der Waals surface area (Å²) in [6, 6.07) is 21.8. The van der Waals surface area contributed by atoms with Crippen LogP contribution in [0.2, 0.25) is 0 Å². The van der Waals surface area contributed by atoms with Crippen LogP contribution in [0, 0.1) is 5.41 Å². The highest BCUT2D eigenvalue weighted by Crippen LogP contribution is 2.30. The zero-order valence-corrected chi connectivity index (χ0v) is 27.2. The van der Waals surface area contributed by atoms with E-state index in [1.807, 2.05) is 73.7 Å². The molecule has 9 nitrogen and oxygen atoms in total. The maximum absolute atomic E-state index is 14.1. The van der Waals surface area contributed by atoms with Crippen molar-refractivity contribution in [2.75, 3.05) is 13.2 Å². The summed E-state index contributed by atoms with van der Waals surface area (Å²) < 4.78 is 11.6. The van der Waals surface area contributed by atoms with E-state index in [0.29, 0.717) is 19.6 Å². The summed E-state index contributed by atoms with van der Waals surface area (Å²) in [6.45, 7) is 7.88. The van der Waals surface area contributed by atoms with Crippen molar-refractivity contribution in [3.8, 4) is 11.3 Å². The number of ether oxygens (including phenoxy) is 2. The summed E-state index contributed by atoms with van der Waals surface area (Å²) in [5.74, 6) is -0.982. The number of rotatable bonds is 14. The van der Waals surface area contributed by atoms with Crippen LogP contribution >= 0.6 is 0 Å². The molecule has 2 aromatic carbocycles. The summed E-state index contributed by atoms with van der Waals surface area (Å²) >= 11 is 0. The van der Waals surface area contributed by atoms with Gasteiger partial charge in [0.15, 0.2) is 0 Å². The molecule has 1 aliphatic rings. The number of pyridine rings is 1. The Morgan fingerprint density at radius 1 is 1.07 bits per heavy atom. The molecule has 5 atom stereocenters. The maximum atomic E-state index is 14.1. The van der Waals surface area contributed by atoms with E-state index in [-0.39, 0.29) is 24.5 Å². The Balaban J connectivity index is 1.53. The standard InChI is InChI=1S/C37H46N4O5/c1-26(38)35(43)40-34(27(2)45-24-29-12-6-5-7-13-29)36(44)41-21-11-16-32(41)18-19-37(4,25-46-28(3)42)23-30-14-10-15-31(22-30)33-17-8-9-20-39-33/h5-10,12-15,17-20,22,26-27,32,34H,11,16,21,23-25,38H2,1-4H3,(H,40,43)/b19-18+/t26-,27+,32?,34-,37-/m0/s1. The summed E-state index contributed by atoms with van der Waals surface area (Å²) in [5.41, 5.74) is 9.25. The van der Waals surface area contributed by atoms with Crippen molar-refractivity contribution in [2.45, 2.75) is 77.8 Å². The van der Waals surface area contributed by atoms with Gasteiger partial charge in [0.2, 0.25) is 11.8 Å². The quantitative estimate of drug-likeness (QED) is 0.194. The molecular weight excluding hydrogens is 580 g/mol. The molecule has 2 heterocycles. The molecule has 1 saturated heterocycles. The number of nitrogens with one attached hydrogen (secondary N) is 1. The Morgan fingerprint density at radius 3 is 2.50 bits per heavy atom. The van der Waals surface area contributed by atoms with E-state index in [1.165, 1.54) is 6.92 Å². The Morgan fingerprint density at radius 2 is 1.80 bits per heavy atom. The molecule has 0 aliphatic carbocycles. The number of benzene rings is 2. The number of aromatic nitrogens is 1. The van der Waals surface area contributed by atoms with Crippen LogP contribution in [-0.4, -0.2) is 65.0 Å². The molecule has 3 N–H and O–H groups in total. The molecular formula is C37H46N4O5. The fourth-order valence-corrected chi connectivity index (χ4v) is 5.62.